The summed E-state index contributed by atoms with van der Waals surface area (Å²) in [6.07, 6.45) is 2.04. The van der Waals surface area contributed by atoms with Gasteiger partial charge in [0.05, 0.1) is 17.8 Å². The highest BCUT2D eigenvalue weighted by Gasteiger charge is 2.25. The number of hydrogen-bond acceptors (Lipinski definition) is 3. The third-order valence-electron chi connectivity index (χ3n) is 4.30. The fourth-order valence-electron chi connectivity index (χ4n) is 2.59. The van der Waals surface area contributed by atoms with Gasteiger partial charge in [0.25, 0.3) is 5.91 Å². The van der Waals surface area contributed by atoms with Crippen molar-refractivity contribution in [1.82, 2.24) is 10.6 Å². The van der Waals surface area contributed by atoms with Gasteiger partial charge >= 0.3 is 0 Å². The van der Waals surface area contributed by atoms with Gasteiger partial charge in [0.15, 0.2) is 0 Å². The summed E-state index contributed by atoms with van der Waals surface area (Å²) >= 11 is 5.89. The predicted molar refractivity (Wildman–Crippen MR) is 103 cm³/mol. The number of amides is 2. The highest BCUT2D eigenvalue weighted by atomic mass is 35.5. The number of halogens is 1. The van der Waals surface area contributed by atoms with Crippen LogP contribution in [0.2, 0.25) is 5.02 Å². The van der Waals surface area contributed by atoms with Crippen molar-refractivity contribution in [3.05, 3.63) is 64.7 Å². The molecule has 0 spiro atoms. The first kappa shape index (κ1) is 18.4. The Morgan fingerprint density at radius 2 is 1.81 bits per heavy atom. The lowest BCUT2D eigenvalue weighted by atomic mass is 10.1. The smallest absolute Gasteiger partial charge is 0.253 e. The van der Waals surface area contributed by atoms with Gasteiger partial charge in [-0.3, -0.25) is 9.59 Å². The lowest BCUT2D eigenvalue weighted by molar-refractivity contribution is -0.115. The first-order valence-corrected chi connectivity index (χ1v) is 9.09. The Labute approximate surface area is 158 Å². The molecule has 1 saturated carbocycles. The number of carbonyl (C=O) groups excluding carboxylic acids is 2. The summed E-state index contributed by atoms with van der Waals surface area (Å²) in [6, 6.07) is 14.8. The Kier molecular flexibility index (Phi) is 5.91. The monoisotopic (exact) mass is 371 g/mol. The van der Waals surface area contributed by atoms with Gasteiger partial charge in [-0.05, 0) is 49.6 Å². The van der Waals surface area contributed by atoms with Crippen LogP contribution < -0.4 is 16.0 Å². The molecule has 1 aliphatic carbocycles. The molecular weight excluding hydrogens is 350 g/mol. The van der Waals surface area contributed by atoms with Crippen LogP contribution in [0.4, 0.5) is 5.69 Å². The third kappa shape index (κ3) is 5.07. The van der Waals surface area contributed by atoms with E-state index >= 15 is 0 Å². The fourth-order valence-corrected chi connectivity index (χ4v) is 2.72. The van der Waals surface area contributed by atoms with Gasteiger partial charge in [-0.15, -0.1) is 0 Å². The van der Waals surface area contributed by atoms with Crippen LogP contribution in [0.1, 0.15) is 41.7 Å². The molecular formula is C20H22ClN3O2. The minimum absolute atomic E-state index is 0.00595. The Morgan fingerprint density at radius 1 is 1.12 bits per heavy atom. The lowest BCUT2D eigenvalue weighted by Gasteiger charge is -2.15. The number of para-hydroxylation sites is 1. The van der Waals surface area contributed by atoms with Crippen molar-refractivity contribution in [3.8, 4) is 0 Å². The molecule has 26 heavy (non-hydrogen) atoms. The maximum atomic E-state index is 12.3. The molecule has 0 unspecified atom stereocenters. The topological polar surface area (TPSA) is 70.2 Å². The Morgan fingerprint density at radius 3 is 2.50 bits per heavy atom. The van der Waals surface area contributed by atoms with E-state index < -0.39 is 0 Å². The van der Waals surface area contributed by atoms with Crippen molar-refractivity contribution in [3.63, 3.8) is 0 Å². The average Bonchev–Trinajstić information content (AvgIpc) is 3.44. The summed E-state index contributed by atoms with van der Waals surface area (Å²) in [5, 5.41) is 9.62. The van der Waals surface area contributed by atoms with E-state index in [2.05, 4.69) is 16.0 Å². The van der Waals surface area contributed by atoms with Crippen molar-refractivity contribution in [2.75, 3.05) is 11.9 Å². The van der Waals surface area contributed by atoms with Crippen LogP contribution in [0.3, 0.4) is 0 Å². The van der Waals surface area contributed by atoms with Gasteiger partial charge in [0.1, 0.15) is 0 Å². The maximum absolute atomic E-state index is 12.3. The molecule has 3 rings (SSSR count). The molecule has 0 bridgehead atoms. The summed E-state index contributed by atoms with van der Waals surface area (Å²) < 4.78 is 0. The van der Waals surface area contributed by atoms with Crippen LogP contribution in [0.25, 0.3) is 0 Å². The quantitative estimate of drug-likeness (QED) is 0.697. The van der Waals surface area contributed by atoms with Crippen LogP contribution in [0, 0.1) is 0 Å². The van der Waals surface area contributed by atoms with Crippen LogP contribution >= 0.6 is 11.6 Å². The first-order valence-electron chi connectivity index (χ1n) is 8.71. The second kappa shape index (κ2) is 8.34. The molecule has 5 nitrogen and oxygen atoms in total. The molecule has 0 saturated heterocycles. The zero-order valence-corrected chi connectivity index (χ0v) is 15.3. The molecule has 0 heterocycles. The van der Waals surface area contributed by atoms with Gasteiger partial charge in [0, 0.05) is 17.1 Å². The van der Waals surface area contributed by atoms with E-state index in [0.29, 0.717) is 16.3 Å². The van der Waals surface area contributed by atoms with E-state index in [1.807, 2.05) is 31.2 Å². The average molecular weight is 372 g/mol. The highest BCUT2D eigenvalue weighted by molar-refractivity contribution is 6.30. The minimum Gasteiger partial charge on any atom is -0.349 e. The molecule has 0 aromatic heterocycles. The van der Waals surface area contributed by atoms with Crippen molar-refractivity contribution < 1.29 is 9.59 Å². The Balaban J connectivity index is 1.56. The van der Waals surface area contributed by atoms with Crippen LogP contribution in [0.5, 0.6) is 0 Å². The van der Waals surface area contributed by atoms with Crippen molar-refractivity contribution in [2.24, 2.45) is 0 Å². The summed E-state index contributed by atoms with van der Waals surface area (Å²) in [6.45, 7) is 2.12. The normalized spacial score (nSPS) is 14.5. The van der Waals surface area contributed by atoms with Crippen LogP contribution in [-0.2, 0) is 4.79 Å². The predicted octanol–water partition coefficient (Wildman–Crippen LogP) is 3.52. The van der Waals surface area contributed by atoms with E-state index in [1.165, 1.54) is 0 Å². The van der Waals surface area contributed by atoms with Gasteiger partial charge in [-0.2, -0.15) is 0 Å². The fraction of sp³-hybridized carbons (Fsp3) is 0.300. The molecule has 3 N–H and O–H groups in total. The highest BCUT2D eigenvalue weighted by Crippen LogP contribution is 2.21. The molecule has 2 amide bonds. The molecule has 1 atom stereocenters. The number of benzene rings is 2. The number of carbonyl (C=O) groups is 2. The molecule has 0 aliphatic heterocycles. The second-order valence-electron chi connectivity index (χ2n) is 6.50. The third-order valence-corrected chi connectivity index (χ3v) is 4.55. The van der Waals surface area contributed by atoms with Crippen molar-refractivity contribution in [2.45, 2.75) is 31.8 Å². The molecule has 1 aliphatic rings. The zero-order valence-electron chi connectivity index (χ0n) is 14.6. The lowest BCUT2D eigenvalue weighted by Crippen LogP contribution is -2.31. The van der Waals surface area contributed by atoms with Crippen molar-refractivity contribution >= 4 is 29.1 Å². The number of hydrogen-bond donors (Lipinski definition) is 3. The van der Waals surface area contributed by atoms with Crippen molar-refractivity contribution in [1.29, 1.82) is 0 Å². The molecule has 1 fully saturated rings. The summed E-state index contributed by atoms with van der Waals surface area (Å²) in [4.78, 5) is 24.6. The zero-order chi connectivity index (χ0) is 18.5. The number of anilines is 1. The van der Waals surface area contributed by atoms with E-state index in [4.69, 9.17) is 11.6 Å². The maximum Gasteiger partial charge on any atom is 0.253 e. The standard InChI is InChI=1S/C20H22ClN3O2/c1-13(14-6-8-15(21)9-7-14)22-12-19(25)24-18-5-3-2-4-17(18)20(26)23-16-10-11-16/h2-9,13,16,22H,10-12H2,1H3,(H,23,26)(H,24,25)/t13-/m0/s1. The molecule has 136 valence electrons. The van der Waals surface area contributed by atoms with E-state index in [0.717, 1.165) is 18.4 Å². The number of rotatable bonds is 7. The van der Waals surface area contributed by atoms with Gasteiger partial charge in [0.2, 0.25) is 5.91 Å². The van der Waals surface area contributed by atoms with Crippen LogP contribution in [0.15, 0.2) is 48.5 Å². The summed E-state index contributed by atoms with van der Waals surface area (Å²) in [5.74, 6) is -0.344. The van der Waals surface area contributed by atoms with Crippen LogP contribution in [-0.4, -0.2) is 24.4 Å². The summed E-state index contributed by atoms with van der Waals surface area (Å²) in [7, 11) is 0. The largest absolute Gasteiger partial charge is 0.349 e. The molecule has 2 aromatic rings. The Bertz CT molecular complexity index is 788. The Hall–Kier alpha value is -2.37. The van der Waals surface area contributed by atoms with Gasteiger partial charge < -0.3 is 16.0 Å². The second-order valence-corrected chi connectivity index (χ2v) is 6.93. The summed E-state index contributed by atoms with van der Waals surface area (Å²) in [5.41, 5.74) is 2.06. The molecule has 6 heteroatoms. The molecule has 2 aromatic carbocycles. The van der Waals surface area contributed by atoms with E-state index in [-0.39, 0.29) is 30.4 Å². The first-order chi connectivity index (χ1) is 12.5. The SMILES string of the molecule is C[C@H](NCC(=O)Nc1ccccc1C(=O)NC1CC1)c1ccc(Cl)cc1. The number of nitrogens with one attached hydrogen (secondary N) is 3. The van der Waals surface area contributed by atoms with E-state index in [9.17, 15) is 9.59 Å². The van der Waals surface area contributed by atoms with E-state index in [1.54, 1.807) is 24.3 Å². The molecule has 0 radical (unpaired) electrons. The van der Waals surface area contributed by atoms with Gasteiger partial charge in [-0.1, -0.05) is 35.9 Å². The minimum atomic E-state index is -0.197. The van der Waals surface area contributed by atoms with Gasteiger partial charge in [-0.25, -0.2) is 0 Å².